The number of nitrogens with one attached hydrogen (secondary N) is 5. The van der Waals surface area contributed by atoms with Crippen LogP contribution in [-0.4, -0.2) is 229 Å². The molecule has 0 unspecified atom stereocenters. The van der Waals surface area contributed by atoms with Crippen LogP contribution in [0.5, 0.6) is 0 Å². The lowest BCUT2D eigenvalue weighted by Crippen LogP contribution is -2.71. The van der Waals surface area contributed by atoms with Gasteiger partial charge in [-0.3, -0.25) is 19.2 Å². The first-order chi connectivity index (χ1) is 29.8. The molecule has 3 aliphatic rings. The molecule has 1 aromatic heterocycles. The van der Waals surface area contributed by atoms with Crippen LogP contribution < -0.4 is 26.6 Å². The lowest BCUT2D eigenvalue weighted by atomic mass is 9.93. The van der Waals surface area contributed by atoms with Crippen molar-refractivity contribution in [3.8, 4) is 0 Å². The Labute approximate surface area is 360 Å². The summed E-state index contributed by atoms with van der Waals surface area (Å²) < 4.78 is 35.5. The first kappa shape index (κ1) is 51.8. The maximum Gasteiger partial charge on any atom is 0.217 e. The van der Waals surface area contributed by atoms with E-state index in [1.807, 2.05) is 0 Å². The molecule has 3 saturated heterocycles. The van der Waals surface area contributed by atoms with Crippen LogP contribution in [0, 0.1) is 0 Å². The predicted molar refractivity (Wildman–Crippen MR) is 208 cm³/mol. The number of rotatable bonds is 20. The number of nitrogens with zero attached hydrogens (tertiary/aromatic N) is 1. The number of pyridine rings is 1. The molecule has 4 heterocycles. The molecule has 19 atom stereocenters. The van der Waals surface area contributed by atoms with Crippen LogP contribution in [0.15, 0.2) is 24.4 Å². The largest absolute Gasteiger partial charge is 0.394 e. The number of hydrogen-bond donors (Lipinski definition) is 15. The normalized spacial score (nSPS) is 35.3. The van der Waals surface area contributed by atoms with Crippen LogP contribution in [0.2, 0.25) is 0 Å². The lowest BCUT2D eigenvalue weighted by Gasteiger charge is -2.50. The number of carbonyl (C=O) groups is 4. The lowest BCUT2D eigenvalue weighted by molar-refractivity contribution is -0.357. The van der Waals surface area contributed by atoms with Gasteiger partial charge in [0, 0.05) is 40.4 Å². The maximum atomic E-state index is 12.5. The molecule has 26 nitrogen and oxygen atoms in total. The van der Waals surface area contributed by atoms with Crippen molar-refractivity contribution >= 4 is 29.4 Å². The molecular formula is C37H60N6O20. The Kier molecular flexibility index (Phi) is 19.7. The van der Waals surface area contributed by atoms with E-state index in [1.165, 1.54) is 13.1 Å². The number of anilines is 1. The van der Waals surface area contributed by atoms with E-state index < -0.39 is 166 Å². The van der Waals surface area contributed by atoms with Crippen LogP contribution in [0.25, 0.3) is 0 Å². The molecule has 4 rings (SSSR count). The van der Waals surface area contributed by atoms with Gasteiger partial charge in [-0.2, -0.15) is 0 Å². The first-order valence-corrected chi connectivity index (χ1v) is 20.0. The summed E-state index contributed by atoms with van der Waals surface area (Å²) in [4.78, 5) is 53.3. The minimum absolute atomic E-state index is 0.185. The zero-order chi connectivity index (χ0) is 46.7. The van der Waals surface area contributed by atoms with Crippen molar-refractivity contribution in [3.63, 3.8) is 0 Å². The Balaban J connectivity index is 1.61. The third-order valence-electron chi connectivity index (χ3n) is 10.4. The summed E-state index contributed by atoms with van der Waals surface area (Å²) >= 11 is 0. The van der Waals surface area contributed by atoms with Crippen LogP contribution >= 0.6 is 0 Å². The zero-order valence-electron chi connectivity index (χ0n) is 34.8. The minimum atomic E-state index is -1.94. The van der Waals surface area contributed by atoms with E-state index in [0.717, 1.165) is 20.8 Å². The summed E-state index contributed by atoms with van der Waals surface area (Å²) in [6.07, 6.45) is -24.7. The first-order valence-electron chi connectivity index (χ1n) is 20.0. The SMILES string of the molecule is CC(=O)N[C@H]1[C@H](O[C@@H]([C@H](O)[C@H](CNc2ccccn2)NC(C)=O)[C@H](O)CO)O[C@H](CO)[C@@H](O[C@@H]2O[C@H](CO)[C@@H](O[C@@H]3O[C@H](CO)[C@@H](O)[C@H](O)[C@H]3NC(C)=O)[C@H](O)[C@H]2NC(C)=O)[C@@H]1O. The second-order valence-corrected chi connectivity index (χ2v) is 15.3. The van der Waals surface area contributed by atoms with Gasteiger partial charge in [-0.15, -0.1) is 0 Å². The van der Waals surface area contributed by atoms with Crippen LogP contribution in [-0.2, 0) is 47.6 Å². The zero-order valence-corrected chi connectivity index (χ0v) is 34.8. The highest BCUT2D eigenvalue weighted by Gasteiger charge is 2.55. The molecule has 4 amide bonds. The molecule has 63 heavy (non-hydrogen) atoms. The molecule has 0 bridgehead atoms. The van der Waals surface area contributed by atoms with Gasteiger partial charge >= 0.3 is 0 Å². The fourth-order valence-electron chi connectivity index (χ4n) is 7.46. The Bertz CT molecular complexity index is 1620. The highest BCUT2D eigenvalue weighted by molar-refractivity contribution is 5.74. The Morgan fingerprint density at radius 1 is 0.667 bits per heavy atom. The number of aliphatic hydroxyl groups is 10. The Hall–Kier alpha value is -3.81. The van der Waals surface area contributed by atoms with Gasteiger partial charge in [0.2, 0.25) is 23.6 Å². The average molecular weight is 909 g/mol. The summed E-state index contributed by atoms with van der Waals surface area (Å²) in [7, 11) is 0. The van der Waals surface area contributed by atoms with Crippen molar-refractivity contribution in [3.05, 3.63) is 24.4 Å². The van der Waals surface area contributed by atoms with Gasteiger partial charge in [-0.25, -0.2) is 4.98 Å². The number of ether oxygens (including phenoxy) is 6. The summed E-state index contributed by atoms with van der Waals surface area (Å²) in [5.74, 6) is -2.46. The summed E-state index contributed by atoms with van der Waals surface area (Å²) in [5.41, 5.74) is 0. The molecule has 0 aromatic carbocycles. The van der Waals surface area contributed by atoms with Crippen molar-refractivity contribution in [2.75, 3.05) is 38.3 Å². The van der Waals surface area contributed by atoms with Gasteiger partial charge in [0.1, 0.15) is 97.2 Å². The number of aliphatic hydroxyl groups excluding tert-OH is 10. The molecule has 3 aliphatic heterocycles. The monoisotopic (exact) mass is 908 g/mol. The fourth-order valence-corrected chi connectivity index (χ4v) is 7.46. The Morgan fingerprint density at radius 3 is 1.59 bits per heavy atom. The van der Waals surface area contributed by atoms with Gasteiger partial charge in [0.05, 0.1) is 32.5 Å². The van der Waals surface area contributed by atoms with E-state index in [0.29, 0.717) is 5.82 Å². The molecule has 1 aromatic rings. The van der Waals surface area contributed by atoms with Crippen LogP contribution in [0.1, 0.15) is 27.7 Å². The molecule has 0 aliphatic carbocycles. The average Bonchev–Trinajstić information content (AvgIpc) is 3.24. The van der Waals surface area contributed by atoms with Crippen LogP contribution in [0.3, 0.4) is 0 Å². The van der Waals surface area contributed by atoms with Gasteiger partial charge in [-0.05, 0) is 12.1 Å². The highest BCUT2D eigenvalue weighted by Crippen LogP contribution is 2.33. The molecule has 26 heteroatoms. The van der Waals surface area contributed by atoms with Gasteiger partial charge in [-0.1, -0.05) is 6.07 Å². The number of hydrogen-bond acceptors (Lipinski definition) is 22. The molecule has 0 saturated carbocycles. The third-order valence-corrected chi connectivity index (χ3v) is 10.4. The molecule has 358 valence electrons. The Morgan fingerprint density at radius 2 is 1.14 bits per heavy atom. The molecule has 0 radical (unpaired) electrons. The van der Waals surface area contributed by atoms with Crippen molar-refractivity contribution in [2.45, 2.75) is 144 Å². The van der Waals surface area contributed by atoms with E-state index >= 15 is 0 Å². The second-order valence-electron chi connectivity index (χ2n) is 15.3. The molecule has 0 spiro atoms. The summed E-state index contributed by atoms with van der Waals surface area (Å²) in [6, 6.07) is -1.07. The van der Waals surface area contributed by atoms with E-state index in [-0.39, 0.29) is 6.54 Å². The predicted octanol–water partition coefficient (Wildman–Crippen LogP) is -8.02. The second kappa shape index (κ2) is 23.9. The smallest absolute Gasteiger partial charge is 0.217 e. The van der Waals surface area contributed by atoms with Crippen molar-refractivity contribution in [2.24, 2.45) is 0 Å². The van der Waals surface area contributed by atoms with E-state index in [1.54, 1.807) is 18.2 Å². The van der Waals surface area contributed by atoms with Crippen molar-refractivity contribution in [1.29, 1.82) is 0 Å². The van der Waals surface area contributed by atoms with Gasteiger partial charge in [0.25, 0.3) is 0 Å². The molecule has 3 fully saturated rings. The molecule has 15 N–H and O–H groups in total. The molecular weight excluding hydrogens is 848 g/mol. The van der Waals surface area contributed by atoms with Crippen molar-refractivity contribution in [1.82, 2.24) is 26.3 Å². The number of amides is 4. The van der Waals surface area contributed by atoms with Gasteiger partial charge in [0.15, 0.2) is 18.9 Å². The van der Waals surface area contributed by atoms with E-state index in [4.69, 9.17) is 28.4 Å². The van der Waals surface area contributed by atoms with E-state index in [9.17, 15) is 70.2 Å². The highest BCUT2D eigenvalue weighted by atomic mass is 16.8. The number of aromatic nitrogens is 1. The van der Waals surface area contributed by atoms with Gasteiger partial charge < -0.3 is 106 Å². The maximum absolute atomic E-state index is 12.5. The van der Waals surface area contributed by atoms with Crippen LogP contribution in [0.4, 0.5) is 5.82 Å². The summed E-state index contributed by atoms with van der Waals surface area (Å²) in [5, 5.41) is 121. The third kappa shape index (κ3) is 13.4. The quantitative estimate of drug-likeness (QED) is 0.0578. The van der Waals surface area contributed by atoms with Crippen molar-refractivity contribution < 1.29 is 98.7 Å². The fraction of sp³-hybridized carbons (Fsp3) is 0.757. The van der Waals surface area contributed by atoms with E-state index in [2.05, 4.69) is 31.6 Å². The number of carbonyl (C=O) groups excluding carboxylic acids is 4. The summed E-state index contributed by atoms with van der Waals surface area (Å²) in [6.45, 7) is 0.532. The topological polar surface area (TPSA) is 399 Å². The minimum Gasteiger partial charge on any atom is -0.394 e. The standard InChI is InChI=1S/C37H60N6O20/c1-14(48)40-18(9-39-23-7-5-6-8-38-23)27(53)32(19(52)10-44)61-36-25(42-16(3)50)30(56)34(21(12-46)59-36)63-37-26(43-17(4)51)31(57)33(22(13-47)60-37)62-35-24(41-15(2)49)29(55)28(54)20(11-45)58-35/h5-8,18-22,24-37,44-47,52-57H,9-13H2,1-4H3,(H,38,39)(H,40,48)(H,41,49)(H,42,50)(H,43,51)/t18-,19+,20+,21+,22+,24+,25+,26+,27+,28+,29+,30+,31+,32+,33+,34+,35-,36-,37-/m0/s1.